The van der Waals surface area contributed by atoms with Gasteiger partial charge in [-0.3, -0.25) is 0 Å². The van der Waals surface area contributed by atoms with Crippen LogP contribution in [-0.2, 0) is 11.8 Å². The second-order valence-corrected chi connectivity index (χ2v) is 4.48. The molecule has 1 atom stereocenters. The number of aliphatic imine (C=N–C) groups is 1. The van der Waals surface area contributed by atoms with Crippen LogP contribution in [0.3, 0.4) is 0 Å². The molecule has 1 aromatic heterocycles. The van der Waals surface area contributed by atoms with Gasteiger partial charge in [0.05, 0.1) is 5.69 Å². The van der Waals surface area contributed by atoms with Crippen LogP contribution in [0.4, 0.5) is 0 Å². The summed E-state index contributed by atoms with van der Waals surface area (Å²) in [7, 11) is 3.75. The standard InChI is InChI=1S/C12H16N2OS/c1-14-8-4-5-10(14)9-6-7-11(15-2)13-12(9)16-3/h4-6,8,11H,7H2,1-3H3. The van der Waals surface area contributed by atoms with Gasteiger partial charge in [0.25, 0.3) is 0 Å². The summed E-state index contributed by atoms with van der Waals surface area (Å²) in [6, 6.07) is 4.17. The topological polar surface area (TPSA) is 26.5 Å². The Morgan fingerprint density at radius 3 is 2.94 bits per heavy atom. The van der Waals surface area contributed by atoms with Crippen LogP contribution < -0.4 is 0 Å². The van der Waals surface area contributed by atoms with Crippen molar-refractivity contribution in [2.45, 2.75) is 12.6 Å². The van der Waals surface area contributed by atoms with Crippen LogP contribution in [0, 0.1) is 0 Å². The van der Waals surface area contributed by atoms with Gasteiger partial charge in [-0.25, -0.2) is 4.99 Å². The molecule has 2 heterocycles. The minimum absolute atomic E-state index is 0.0218. The van der Waals surface area contributed by atoms with Crippen molar-refractivity contribution in [3.63, 3.8) is 0 Å². The number of aromatic nitrogens is 1. The first-order valence-corrected chi connectivity index (χ1v) is 6.45. The number of nitrogens with zero attached hydrogens (tertiary/aromatic N) is 2. The fraction of sp³-hybridized carbons (Fsp3) is 0.417. The molecule has 1 unspecified atom stereocenters. The number of hydrogen-bond acceptors (Lipinski definition) is 3. The van der Waals surface area contributed by atoms with Crippen molar-refractivity contribution < 1.29 is 4.74 Å². The predicted octanol–water partition coefficient (Wildman–Crippen LogP) is 2.55. The van der Waals surface area contributed by atoms with Gasteiger partial charge in [-0.05, 0) is 18.4 Å². The highest BCUT2D eigenvalue weighted by atomic mass is 32.2. The van der Waals surface area contributed by atoms with E-state index in [1.165, 1.54) is 11.3 Å². The Hall–Kier alpha value is -1.00. The second-order valence-electron chi connectivity index (χ2n) is 3.69. The van der Waals surface area contributed by atoms with Crippen molar-refractivity contribution in [1.82, 2.24) is 4.57 Å². The number of rotatable bonds is 2. The Morgan fingerprint density at radius 1 is 1.56 bits per heavy atom. The van der Waals surface area contributed by atoms with E-state index in [2.05, 4.69) is 41.0 Å². The van der Waals surface area contributed by atoms with Crippen LogP contribution in [0.1, 0.15) is 12.1 Å². The summed E-state index contributed by atoms with van der Waals surface area (Å²) < 4.78 is 7.38. The Bertz CT molecular complexity index is 434. The highest BCUT2D eigenvalue weighted by Crippen LogP contribution is 2.27. The molecule has 0 radical (unpaired) electrons. The maximum atomic E-state index is 5.27. The molecule has 1 aromatic rings. The van der Waals surface area contributed by atoms with Gasteiger partial charge in [0, 0.05) is 32.3 Å². The summed E-state index contributed by atoms with van der Waals surface area (Å²) in [6.45, 7) is 0. The molecule has 1 aliphatic heterocycles. The van der Waals surface area contributed by atoms with E-state index >= 15 is 0 Å². The SMILES string of the molecule is COC1CC=C(c2cccn2C)C(SC)=N1. The van der Waals surface area contributed by atoms with E-state index < -0.39 is 0 Å². The zero-order valence-corrected chi connectivity index (χ0v) is 10.6. The van der Waals surface area contributed by atoms with Crippen LogP contribution >= 0.6 is 11.8 Å². The summed E-state index contributed by atoms with van der Waals surface area (Å²) in [5.74, 6) is 0. The molecular weight excluding hydrogens is 220 g/mol. The number of methoxy groups -OCH3 is 1. The third-order valence-corrected chi connectivity index (χ3v) is 3.41. The summed E-state index contributed by atoms with van der Waals surface area (Å²) in [6.07, 6.45) is 7.14. The number of dihydropyridines is 1. The minimum atomic E-state index is -0.0218. The van der Waals surface area contributed by atoms with Crippen molar-refractivity contribution in [2.75, 3.05) is 13.4 Å². The van der Waals surface area contributed by atoms with Crippen molar-refractivity contribution in [3.8, 4) is 0 Å². The molecule has 0 aliphatic carbocycles. The average molecular weight is 236 g/mol. The lowest BCUT2D eigenvalue weighted by Gasteiger charge is -2.19. The molecule has 0 N–H and O–H groups in total. The lowest BCUT2D eigenvalue weighted by atomic mass is 10.1. The first-order chi connectivity index (χ1) is 7.76. The Balaban J connectivity index is 2.33. The molecule has 86 valence electrons. The van der Waals surface area contributed by atoms with Gasteiger partial charge in [-0.1, -0.05) is 6.08 Å². The molecule has 4 heteroatoms. The molecule has 2 rings (SSSR count). The van der Waals surface area contributed by atoms with E-state index in [0.29, 0.717) is 0 Å². The Morgan fingerprint density at radius 2 is 2.38 bits per heavy atom. The van der Waals surface area contributed by atoms with Gasteiger partial charge in [0.2, 0.25) is 0 Å². The molecule has 0 spiro atoms. The number of aryl methyl sites for hydroxylation is 1. The fourth-order valence-corrected chi connectivity index (χ4v) is 2.46. The van der Waals surface area contributed by atoms with Gasteiger partial charge < -0.3 is 9.30 Å². The monoisotopic (exact) mass is 236 g/mol. The predicted molar refractivity (Wildman–Crippen MR) is 69.8 cm³/mol. The van der Waals surface area contributed by atoms with E-state index in [1.54, 1.807) is 18.9 Å². The van der Waals surface area contributed by atoms with Crippen LogP contribution in [0.2, 0.25) is 0 Å². The number of thioether (sulfide) groups is 1. The number of ether oxygens (including phenoxy) is 1. The highest BCUT2D eigenvalue weighted by molar-refractivity contribution is 8.14. The summed E-state index contributed by atoms with van der Waals surface area (Å²) in [5.41, 5.74) is 2.43. The maximum absolute atomic E-state index is 5.27. The lowest BCUT2D eigenvalue weighted by molar-refractivity contribution is 0.113. The van der Waals surface area contributed by atoms with Gasteiger partial charge in [-0.15, -0.1) is 11.8 Å². The summed E-state index contributed by atoms with van der Waals surface area (Å²) >= 11 is 1.67. The molecule has 0 bridgehead atoms. The normalized spacial score (nSPS) is 20.6. The Labute approximate surface area is 100 Å². The van der Waals surface area contributed by atoms with Gasteiger partial charge in [0.1, 0.15) is 5.04 Å². The van der Waals surface area contributed by atoms with Crippen LogP contribution in [-0.4, -0.2) is 29.2 Å². The molecule has 0 aromatic carbocycles. The van der Waals surface area contributed by atoms with Gasteiger partial charge >= 0.3 is 0 Å². The zero-order valence-electron chi connectivity index (χ0n) is 9.80. The van der Waals surface area contributed by atoms with Crippen LogP contribution in [0.5, 0.6) is 0 Å². The quantitative estimate of drug-likeness (QED) is 0.789. The van der Waals surface area contributed by atoms with Gasteiger partial charge in [0.15, 0.2) is 6.23 Å². The third kappa shape index (κ3) is 2.08. The van der Waals surface area contributed by atoms with E-state index in [9.17, 15) is 0 Å². The second kappa shape index (κ2) is 4.89. The smallest absolute Gasteiger partial charge is 0.152 e. The van der Waals surface area contributed by atoms with E-state index in [1.807, 2.05) is 6.26 Å². The molecule has 1 aliphatic rings. The first-order valence-electron chi connectivity index (χ1n) is 5.23. The summed E-state index contributed by atoms with van der Waals surface area (Å²) in [5, 5.41) is 1.06. The van der Waals surface area contributed by atoms with Crippen molar-refractivity contribution >= 4 is 22.4 Å². The molecule has 0 fully saturated rings. The van der Waals surface area contributed by atoms with E-state index in [4.69, 9.17) is 4.74 Å². The van der Waals surface area contributed by atoms with Crippen LogP contribution in [0.15, 0.2) is 29.4 Å². The van der Waals surface area contributed by atoms with Crippen LogP contribution in [0.25, 0.3) is 5.57 Å². The molecular formula is C12H16N2OS. The van der Waals surface area contributed by atoms with Gasteiger partial charge in [-0.2, -0.15) is 0 Å². The molecule has 0 amide bonds. The minimum Gasteiger partial charge on any atom is -0.359 e. The zero-order chi connectivity index (χ0) is 11.5. The average Bonchev–Trinajstić information content (AvgIpc) is 2.74. The molecule has 0 saturated carbocycles. The highest BCUT2D eigenvalue weighted by Gasteiger charge is 2.18. The maximum Gasteiger partial charge on any atom is 0.152 e. The summed E-state index contributed by atoms with van der Waals surface area (Å²) in [4.78, 5) is 4.57. The number of hydrogen-bond donors (Lipinski definition) is 0. The van der Waals surface area contributed by atoms with E-state index in [0.717, 1.165) is 11.5 Å². The lowest BCUT2D eigenvalue weighted by Crippen LogP contribution is -2.15. The van der Waals surface area contributed by atoms with Crippen molar-refractivity contribution in [1.29, 1.82) is 0 Å². The van der Waals surface area contributed by atoms with E-state index in [-0.39, 0.29) is 6.23 Å². The third-order valence-electron chi connectivity index (χ3n) is 2.70. The van der Waals surface area contributed by atoms with Crippen molar-refractivity contribution in [2.24, 2.45) is 12.0 Å². The fourth-order valence-electron chi connectivity index (χ4n) is 1.83. The van der Waals surface area contributed by atoms with Crippen molar-refractivity contribution in [3.05, 3.63) is 30.1 Å². The first kappa shape index (κ1) is 11.5. The molecule has 0 saturated heterocycles. The largest absolute Gasteiger partial charge is 0.359 e. The molecule has 16 heavy (non-hydrogen) atoms. The Kier molecular flexibility index (Phi) is 3.51. The molecule has 3 nitrogen and oxygen atoms in total.